The van der Waals surface area contributed by atoms with Crippen molar-refractivity contribution in [2.75, 3.05) is 0 Å². The lowest BCUT2D eigenvalue weighted by molar-refractivity contribution is -0.140. The summed E-state index contributed by atoms with van der Waals surface area (Å²) in [7, 11) is 0. The van der Waals surface area contributed by atoms with Crippen LogP contribution in [0.15, 0.2) is 54.6 Å². The van der Waals surface area contributed by atoms with Crippen molar-refractivity contribution >= 4 is 35.4 Å². The highest BCUT2D eigenvalue weighted by atomic mass is 16.4. The summed E-state index contributed by atoms with van der Waals surface area (Å²) in [5, 5.41) is 29.1. The van der Waals surface area contributed by atoms with Crippen LogP contribution in [0.4, 0.5) is 0 Å². The number of phenols is 1. The van der Waals surface area contributed by atoms with Gasteiger partial charge in [-0.3, -0.25) is 28.8 Å². The molecule has 0 aliphatic heterocycles. The fraction of sp³-hybridized carbons (Fsp3) is 0.471. The van der Waals surface area contributed by atoms with Crippen LogP contribution in [0.3, 0.4) is 0 Å². The first-order valence-corrected chi connectivity index (χ1v) is 15.5. The molecule has 0 saturated carbocycles. The molecule has 6 N–H and O–H groups in total. The van der Waals surface area contributed by atoms with Crippen LogP contribution >= 0.6 is 0 Å². The zero-order valence-electron chi connectivity index (χ0n) is 26.9. The molecule has 12 heteroatoms. The molecule has 0 radical (unpaired) electrons. The Morgan fingerprint density at radius 3 is 1.93 bits per heavy atom. The van der Waals surface area contributed by atoms with Gasteiger partial charge in [0.1, 0.15) is 23.9 Å². The van der Waals surface area contributed by atoms with E-state index >= 15 is 0 Å². The van der Waals surface area contributed by atoms with Crippen LogP contribution in [0.2, 0.25) is 0 Å². The second-order valence-corrected chi connectivity index (χ2v) is 11.8. The quantitative estimate of drug-likeness (QED) is 0.126. The molecule has 2 aromatic carbocycles. The number of aliphatic carboxylic acids is 1. The number of Topliss-reactive ketones (excluding diaryl/α,β-unsaturated/α-hetero) is 1. The smallest absolute Gasteiger partial charge is 0.305 e. The van der Waals surface area contributed by atoms with Gasteiger partial charge in [0.05, 0.1) is 12.5 Å². The summed E-state index contributed by atoms with van der Waals surface area (Å²) in [5.74, 6) is -4.49. The first-order chi connectivity index (χ1) is 21.8. The lowest BCUT2D eigenvalue weighted by atomic mass is 10.00. The van der Waals surface area contributed by atoms with Gasteiger partial charge in [0, 0.05) is 19.8 Å². The van der Waals surface area contributed by atoms with Crippen molar-refractivity contribution in [1.29, 1.82) is 0 Å². The van der Waals surface area contributed by atoms with E-state index < -0.39 is 71.9 Å². The predicted octanol–water partition coefficient (Wildman–Crippen LogP) is 2.42. The number of benzene rings is 2. The number of carboxylic acid groups (broad SMARTS) is 1. The molecule has 4 amide bonds. The minimum absolute atomic E-state index is 0.0483. The van der Waals surface area contributed by atoms with Gasteiger partial charge in [0.25, 0.3) is 0 Å². The molecule has 2 aromatic rings. The van der Waals surface area contributed by atoms with Crippen molar-refractivity contribution in [2.45, 2.75) is 96.8 Å². The Hall–Kier alpha value is -4.74. The molecule has 0 spiro atoms. The molecule has 0 bridgehead atoms. The normalized spacial score (nSPS) is 13.5. The number of rotatable bonds is 19. The van der Waals surface area contributed by atoms with Crippen molar-refractivity contribution in [3.63, 3.8) is 0 Å². The second kappa shape index (κ2) is 18.9. The zero-order valence-corrected chi connectivity index (χ0v) is 26.9. The molecule has 0 heterocycles. The number of aromatic hydroxyl groups is 1. The number of carboxylic acids is 1. The first kappa shape index (κ1) is 37.4. The van der Waals surface area contributed by atoms with Crippen LogP contribution < -0.4 is 21.3 Å². The van der Waals surface area contributed by atoms with Gasteiger partial charge in [0.15, 0.2) is 5.78 Å². The maximum Gasteiger partial charge on any atom is 0.305 e. The molecule has 0 aromatic heterocycles. The molecule has 0 aliphatic rings. The minimum Gasteiger partial charge on any atom is -0.508 e. The van der Waals surface area contributed by atoms with E-state index in [1.807, 2.05) is 30.3 Å². The fourth-order valence-electron chi connectivity index (χ4n) is 4.82. The minimum atomic E-state index is -1.25. The van der Waals surface area contributed by atoms with Gasteiger partial charge < -0.3 is 31.5 Å². The third-order valence-corrected chi connectivity index (χ3v) is 7.38. The molecular weight excluding hydrogens is 592 g/mol. The Kier molecular flexibility index (Phi) is 15.4. The lowest BCUT2D eigenvalue weighted by Gasteiger charge is -2.27. The Morgan fingerprint density at radius 1 is 0.696 bits per heavy atom. The molecule has 46 heavy (non-hydrogen) atoms. The molecule has 0 unspecified atom stereocenters. The van der Waals surface area contributed by atoms with Gasteiger partial charge in [-0.25, -0.2) is 0 Å². The summed E-state index contributed by atoms with van der Waals surface area (Å²) in [5.41, 5.74) is 1.86. The average molecular weight is 639 g/mol. The number of carbonyl (C=O) groups is 6. The molecule has 0 fully saturated rings. The van der Waals surface area contributed by atoms with E-state index in [1.54, 1.807) is 26.0 Å². The highest BCUT2D eigenvalue weighted by Crippen LogP contribution is 2.13. The largest absolute Gasteiger partial charge is 0.508 e. The van der Waals surface area contributed by atoms with Crippen LogP contribution in [-0.4, -0.2) is 69.8 Å². The highest BCUT2D eigenvalue weighted by molar-refractivity contribution is 5.96. The third-order valence-electron chi connectivity index (χ3n) is 7.38. The van der Waals surface area contributed by atoms with Crippen LogP contribution in [-0.2, 0) is 41.6 Å². The number of amides is 4. The van der Waals surface area contributed by atoms with Crippen molar-refractivity contribution in [3.05, 3.63) is 65.7 Å². The molecule has 0 aliphatic carbocycles. The zero-order chi connectivity index (χ0) is 34.2. The number of hydrogen-bond acceptors (Lipinski definition) is 7. The molecule has 12 nitrogen and oxygen atoms in total. The van der Waals surface area contributed by atoms with Gasteiger partial charge in [-0.2, -0.15) is 0 Å². The standard InChI is InChI=1S/C34H46N4O8/c1-21(2)31(38-33(45)28(36-23(4)39)19-25-15-17-26(40)18-16-25)34(46)35-22(3)32(44)37-27(20-30(42)43)29(41)14-10-6-9-13-24-11-7-5-8-12-24/h5,7-8,11-12,15-18,21-22,27-28,31,40H,6,9-10,13-14,19-20H2,1-4H3,(H,35,46)(H,36,39)(H,37,44)(H,38,45)(H,42,43)/t22-,27-,28-,31-/m0/s1. The van der Waals surface area contributed by atoms with Crippen LogP contribution in [0, 0.1) is 5.92 Å². The van der Waals surface area contributed by atoms with E-state index in [4.69, 9.17) is 0 Å². The topological polar surface area (TPSA) is 191 Å². The maximum atomic E-state index is 13.2. The van der Waals surface area contributed by atoms with Gasteiger partial charge in [-0.05, 0) is 55.4 Å². The number of carbonyl (C=O) groups excluding carboxylic acids is 5. The van der Waals surface area contributed by atoms with Crippen LogP contribution in [0.5, 0.6) is 5.75 Å². The summed E-state index contributed by atoms with van der Waals surface area (Å²) >= 11 is 0. The summed E-state index contributed by atoms with van der Waals surface area (Å²) in [4.78, 5) is 75.4. The van der Waals surface area contributed by atoms with Gasteiger partial charge in [-0.1, -0.05) is 62.7 Å². The summed E-state index contributed by atoms with van der Waals surface area (Å²) in [6.07, 6.45) is 2.66. The summed E-state index contributed by atoms with van der Waals surface area (Å²) in [6, 6.07) is 11.6. The predicted molar refractivity (Wildman–Crippen MR) is 172 cm³/mol. The fourth-order valence-corrected chi connectivity index (χ4v) is 4.82. The van der Waals surface area contributed by atoms with Crippen LogP contribution in [0.25, 0.3) is 0 Å². The van der Waals surface area contributed by atoms with E-state index in [0.29, 0.717) is 12.0 Å². The first-order valence-electron chi connectivity index (χ1n) is 15.5. The van der Waals surface area contributed by atoms with Gasteiger partial charge in [-0.15, -0.1) is 0 Å². The number of phenolic OH excluding ortho intramolecular Hbond substituents is 1. The highest BCUT2D eigenvalue weighted by Gasteiger charge is 2.31. The number of ketones is 1. The Labute approximate surface area is 269 Å². The molecule has 250 valence electrons. The third kappa shape index (κ3) is 13.5. The molecule has 2 rings (SSSR count). The van der Waals surface area contributed by atoms with E-state index in [-0.39, 0.29) is 18.6 Å². The Balaban J connectivity index is 1.96. The van der Waals surface area contributed by atoms with Crippen molar-refractivity contribution in [2.24, 2.45) is 5.92 Å². The van der Waals surface area contributed by atoms with Gasteiger partial charge in [0.2, 0.25) is 23.6 Å². The number of hydrogen-bond donors (Lipinski definition) is 6. The van der Waals surface area contributed by atoms with Gasteiger partial charge >= 0.3 is 5.97 Å². The van der Waals surface area contributed by atoms with Crippen molar-refractivity contribution < 1.29 is 39.0 Å². The van der Waals surface area contributed by atoms with E-state index in [9.17, 15) is 39.0 Å². The summed E-state index contributed by atoms with van der Waals surface area (Å²) in [6.45, 7) is 6.05. The van der Waals surface area contributed by atoms with E-state index in [0.717, 1.165) is 19.3 Å². The van der Waals surface area contributed by atoms with E-state index in [1.165, 1.54) is 31.5 Å². The molecule has 0 saturated heterocycles. The number of nitrogens with one attached hydrogen (secondary N) is 4. The van der Waals surface area contributed by atoms with Crippen molar-refractivity contribution in [3.8, 4) is 5.75 Å². The van der Waals surface area contributed by atoms with Crippen molar-refractivity contribution in [1.82, 2.24) is 21.3 Å². The average Bonchev–Trinajstić information content (AvgIpc) is 2.99. The summed E-state index contributed by atoms with van der Waals surface area (Å²) < 4.78 is 0. The maximum absolute atomic E-state index is 13.2. The Bertz CT molecular complexity index is 1330. The SMILES string of the molecule is CC(=O)N[C@@H](Cc1ccc(O)cc1)C(=O)N[C@H](C(=O)N[C@@H](C)C(=O)N[C@@H](CC(=O)O)C(=O)CCCCCc1ccccc1)C(C)C. The van der Waals surface area contributed by atoms with E-state index in [2.05, 4.69) is 21.3 Å². The van der Waals surface area contributed by atoms with Crippen LogP contribution in [0.1, 0.15) is 70.9 Å². The lowest BCUT2D eigenvalue weighted by Crippen LogP contribution is -2.58. The number of unbranched alkanes of at least 4 members (excludes halogenated alkanes) is 2. The monoisotopic (exact) mass is 638 g/mol. The molecule has 4 atom stereocenters. The number of aryl methyl sites for hydroxylation is 1. The Morgan fingerprint density at radius 2 is 1.35 bits per heavy atom. The second-order valence-electron chi connectivity index (χ2n) is 11.8. The molecular formula is C34H46N4O8.